The van der Waals surface area contributed by atoms with E-state index < -0.39 is 33.5 Å². The minimum Gasteiger partial charge on any atom is -0.511 e. The number of benzene rings is 2. The fourth-order valence-electron chi connectivity index (χ4n) is 6.96. The second kappa shape index (κ2) is 11.4. The number of aliphatic hydroxyl groups excluding tert-OH is 2. The minimum absolute atomic E-state index is 0.0870. The number of aliphatic hydroxyl groups is 2. The smallest absolute Gasteiger partial charge is 0.303 e. The Morgan fingerprint density at radius 1 is 0.932 bits per heavy atom. The Balaban J connectivity index is 1.51. The minimum atomic E-state index is -4.42. The molecule has 4 N–H and O–H groups in total. The number of carbonyl (C=O) groups is 1. The molecule has 0 bridgehead atoms. The lowest BCUT2D eigenvalue weighted by Gasteiger charge is -2.37. The average molecular weight is 623 g/mol. The van der Waals surface area contributed by atoms with Crippen LogP contribution in [-0.2, 0) is 25.7 Å². The summed E-state index contributed by atoms with van der Waals surface area (Å²) in [5, 5.41) is 31.8. The fourth-order valence-corrected chi connectivity index (χ4v) is 7.46. The average Bonchev–Trinajstić information content (AvgIpc) is 3.31. The molecule has 2 heterocycles. The number of carboxylic acid groups (broad SMARTS) is 1. The number of fused-ring (bicyclic) bond motifs is 2. The molecule has 3 aliphatic rings. The molecule has 2 aromatic carbocycles. The molecule has 2 aromatic rings. The van der Waals surface area contributed by atoms with Crippen molar-refractivity contribution in [3.05, 3.63) is 88.5 Å². The van der Waals surface area contributed by atoms with Crippen molar-refractivity contribution in [2.45, 2.75) is 82.1 Å². The largest absolute Gasteiger partial charge is 0.511 e. The zero-order valence-electron chi connectivity index (χ0n) is 25.9. The van der Waals surface area contributed by atoms with Crippen LogP contribution in [0, 0.1) is 5.92 Å². The number of aliphatic carboxylic acids is 1. The van der Waals surface area contributed by atoms with Crippen molar-refractivity contribution < 1.29 is 33.1 Å². The van der Waals surface area contributed by atoms with Crippen molar-refractivity contribution in [1.82, 2.24) is 0 Å². The molecule has 10 heteroatoms. The predicted molar refractivity (Wildman–Crippen MR) is 171 cm³/mol. The molecule has 0 amide bonds. The van der Waals surface area contributed by atoms with Gasteiger partial charge in [-0.05, 0) is 61.2 Å². The Bertz CT molecular complexity index is 1690. The molecule has 9 nitrogen and oxygen atoms in total. The summed E-state index contributed by atoms with van der Waals surface area (Å²) in [6.45, 7) is 11.5. The molecule has 0 saturated heterocycles. The molecule has 236 valence electrons. The topological polar surface area (TPSA) is 139 Å². The number of rotatable bonds is 10. The maximum atomic E-state index is 12.0. The highest BCUT2D eigenvalue weighted by molar-refractivity contribution is 7.85. The summed E-state index contributed by atoms with van der Waals surface area (Å²) in [6.07, 6.45) is 4.82. The lowest BCUT2D eigenvalue weighted by Crippen LogP contribution is -2.38. The molecule has 44 heavy (non-hydrogen) atoms. The number of anilines is 2. The Labute approximate surface area is 259 Å². The maximum absolute atomic E-state index is 12.0. The molecule has 2 unspecified atom stereocenters. The van der Waals surface area contributed by atoms with Gasteiger partial charge in [-0.2, -0.15) is 8.42 Å². The molecular weight excluding hydrogens is 580 g/mol. The monoisotopic (exact) mass is 622 g/mol. The molecule has 0 fully saturated rings. The third-order valence-electron chi connectivity index (χ3n) is 9.45. The van der Waals surface area contributed by atoms with Crippen molar-refractivity contribution in [2.75, 3.05) is 22.9 Å². The maximum Gasteiger partial charge on any atom is 0.303 e. The van der Waals surface area contributed by atoms with Crippen molar-refractivity contribution in [3.63, 3.8) is 0 Å². The van der Waals surface area contributed by atoms with Crippen LogP contribution in [-0.4, -0.2) is 53.5 Å². The Kier molecular flexibility index (Phi) is 8.24. The van der Waals surface area contributed by atoms with Crippen molar-refractivity contribution >= 4 is 27.5 Å². The number of nitrogens with zero attached hydrogens (tertiary/aromatic N) is 2. The van der Waals surface area contributed by atoms with Crippen LogP contribution in [0.15, 0.2) is 82.2 Å². The molecule has 0 radical (unpaired) electrons. The van der Waals surface area contributed by atoms with Gasteiger partial charge in [0.1, 0.15) is 5.76 Å². The van der Waals surface area contributed by atoms with Gasteiger partial charge >= 0.3 is 5.97 Å². The normalized spacial score (nSPS) is 23.7. The van der Waals surface area contributed by atoms with Gasteiger partial charge in [0.2, 0.25) is 0 Å². The Hall–Kier alpha value is -3.60. The zero-order valence-corrected chi connectivity index (χ0v) is 26.7. The van der Waals surface area contributed by atoms with Crippen LogP contribution in [0.2, 0.25) is 0 Å². The Morgan fingerprint density at radius 3 is 2.23 bits per heavy atom. The van der Waals surface area contributed by atoms with Gasteiger partial charge in [0.05, 0.1) is 16.9 Å². The van der Waals surface area contributed by atoms with E-state index in [0.29, 0.717) is 36.9 Å². The summed E-state index contributed by atoms with van der Waals surface area (Å²) >= 11 is 0. The highest BCUT2D eigenvalue weighted by atomic mass is 32.2. The van der Waals surface area contributed by atoms with Crippen LogP contribution in [0.4, 0.5) is 11.4 Å². The molecule has 1 aliphatic carbocycles. The van der Waals surface area contributed by atoms with Gasteiger partial charge in [-0.1, -0.05) is 58.4 Å². The molecule has 2 aliphatic heterocycles. The van der Waals surface area contributed by atoms with E-state index in [2.05, 4.69) is 37.8 Å². The second-order valence-electron chi connectivity index (χ2n) is 12.9. The van der Waals surface area contributed by atoms with E-state index in [-0.39, 0.29) is 22.5 Å². The summed E-state index contributed by atoms with van der Waals surface area (Å²) in [6, 6.07) is 12.7. The summed E-state index contributed by atoms with van der Waals surface area (Å²) < 4.78 is 33.6. The summed E-state index contributed by atoms with van der Waals surface area (Å²) in [5.41, 5.74) is 4.96. The molecular formula is C34H42N2O7S. The van der Waals surface area contributed by atoms with Crippen LogP contribution >= 0.6 is 0 Å². The van der Waals surface area contributed by atoms with Crippen LogP contribution in [0.5, 0.6) is 0 Å². The first-order valence-electron chi connectivity index (χ1n) is 15.1. The summed E-state index contributed by atoms with van der Waals surface area (Å²) in [7, 11) is -4.42. The molecule has 0 saturated carbocycles. The van der Waals surface area contributed by atoms with E-state index in [1.165, 1.54) is 17.7 Å². The third-order valence-corrected chi connectivity index (χ3v) is 10.3. The zero-order chi connectivity index (χ0) is 32.2. The van der Waals surface area contributed by atoms with Gasteiger partial charge in [-0.25, -0.2) is 0 Å². The predicted octanol–water partition coefficient (Wildman–Crippen LogP) is 6.06. The van der Waals surface area contributed by atoms with E-state index in [0.717, 1.165) is 29.3 Å². The number of para-hydroxylation sites is 1. The quantitative estimate of drug-likeness (QED) is 0.184. The van der Waals surface area contributed by atoms with Crippen molar-refractivity contribution in [3.8, 4) is 0 Å². The van der Waals surface area contributed by atoms with Gasteiger partial charge in [-0.3, -0.25) is 9.35 Å². The number of likely N-dealkylation sites (N-methyl/N-ethyl adjacent to an activating group) is 1. The van der Waals surface area contributed by atoms with Crippen LogP contribution in [0.3, 0.4) is 0 Å². The summed E-state index contributed by atoms with van der Waals surface area (Å²) in [4.78, 5) is 15.0. The van der Waals surface area contributed by atoms with E-state index in [1.807, 2.05) is 37.0 Å². The van der Waals surface area contributed by atoms with Crippen LogP contribution < -0.4 is 9.80 Å². The summed E-state index contributed by atoms with van der Waals surface area (Å²) in [5.74, 6) is -1.33. The standard InChI is InChI=1S/C34H42N2O7S/c1-6-35-26-13-10-9-12-24(26)33(2,3)28(35)19-22-31(39)23(32(22)40)20-29-34(4,5)25-18-21(44(41,42)43)15-16-27(25)36(29)17-11-7-8-14-30(37)38/h9-10,12-13,15-16,18-20,22,31,39-40H,6-8,11,14,17H2,1-5H3,(H,37,38)(H,41,42,43)/b28-19+,29-20+. The van der Waals surface area contributed by atoms with Gasteiger partial charge in [0.25, 0.3) is 10.1 Å². The first-order valence-corrected chi connectivity index (χ1v) is 16.6. The van der Waals surface area contributed by atoms with E-state index >= 15 is 0 Å². The highest BCUT2D eigenvalue weighted by Gasteiger charge is 2.46. The van der Waals surface area contributed by atoms with Crippen molar-refractivity contribution in [2.24, 2.45) is 5.92 Å². The highest BCUT2D eigenvalue weighted by Crippen LogP contribution is 2.52. The lowest BCUT2D eigenvalue weighted by molar-refractivity contribution is -0.137. The molecule has 0 spiro atoms. The van der Waals surface area contributed by atoms with E-state index in [1.54, 1.807) is 12.1 Å². The number of allylic oxidation sites excluding steroid dienone is 2. The fraction of sp³-hybridized carbons (Fsp3) is 0.441. The SMILES string of the molecule is CCN1/C(=C/C2C(O)=C(/C=C3/N(CCCCCC(=O)O)c4ccc(S(=O)(=O)O)cc4C3(C)C)C2O)C(C)(C)c2ccccc21. The first kappa shape index (κ1) is 31.8. The molecule has 5 rings (SSSR count). The van der Waals surface area contributed by atoms with Crippen molar-refractivity contribution in [1.29, 1.82) is 0 Å². The lowest BCUT2D eigenvalue weighted by atomic mass is 9.75. The van der Waals surface area contributed by atoms with E-state index in [9.17, 15) is 28.0 Å². The molecule has 0 aromatic heterocycles. The number of hydrogen-bond acceptors (Lipinski definition) is 7. The van der Waals surface area contributed by atoms with E-state index in [4.69, 9.17) is 5.11 Å². The first-order chi connectivity index (χ1) is 20.6. The molecule has 2 atom stereocenters. The van der Waals surface area contributed by atoms with Gasteiger partial charge in [0.15, 0.2) is 0 Å². The van der Waals surface area contributed by atoms with Gasteiger partial charge in [0, 0.05) is 58.7 Å². The van der Waals surface area contributed by atoms with Gasteiger partial charge < -0.3 is 25.1 Å². The number of carboxylic acids is 1. The van der Waals surface area contributed by atoms with Crippen LogP contribution in [0.1, 0.15) is 71.4 Å². The van der Waals surface area contributed by atoms with Crippen LogP contribution in [0.25, 0.3) is 0 Å². The van der Waals surface area contributed by atoms with Gasteiger partial charge in [-0.15, -0.1) is 0 Å². The number of unbranched alkanes of at least 4 members (excludes halogenated alkanes) is 2. The second-order valence-corrected chi connectivity index (χ2v) is 14.3. The Morgan fingerprint density at radius 2 is 1.59 bits per heavy atom. The third kappa shape index (κ3) is 5.33. The number of hydrogen-bond donors (Lipinski definition) is 4.